The molecule has 0 aliphatic rings. The van der Waals surface area contributed by atoms with E-state index < -0.39 is 12.1 Å². The summed E-state index contributed by atoms with van der Waals surface area (Å²) >= 11 is 0. The van der Waals surface area contributed by atoms with Gasteiger partial charge in [0.1, 0.15) is 0 Å². The summed E-state index contributed by atoms with van der Waals surface area (Å²) < 4.78 is 0. The lowest BCUT2D eigenvalue weighted by molar-refractivity contribution is -0.138. The standard InChI is InChI=1S/C4H8O3/c1-3(5)2-4(6)7/h3,5H,2H2,1H3,(H,6,7)/t3-/m1/s1/i4+1. The van der Waals surface area contributed by atoms with Gasteiger partial charge in [0.25, 0.3) is 0 Å². The van der Waals surface area contributed by atoms with Gasteiger partial charge in [-0.15, -0.1) is 0 Å². The van der Waals surface area contributed by atoms with Crippen LogP contribution in [0.15, 0.2) is 0 Å². The highest BCUT2D eigenvalue weighted by Gasteiger charge is 2.00. The fourth-order valence-corrected chi connectivity index (χ4v) is 0.253. The van der Waals surface area contributed by atoms with E-state index in [1.54, 1.807) is 0 Å². The van der Waals surface area contributed by atoms with E-state index in [2.05, 4.69) is 0 Å². The summed E-state index contributed by atoms with van der Waals surface area (Å²) in [4.78, 5) is 9.65. The maximum atomic E-state index is 9.65. The molecule has 3 nitrogen and oxygen atoms in total. The van der Waals surface area contributed by atoms with Crippen LogP contribution < -0.4 is 0 Å². The Morgan fingerprint density at radius 3 is 2.29 bits per heavy atom. The first-order chi connectivity index (χ1) is 3.13. The number of rotatable bonds is 2. The third-order valence-corrected chi connectivity index (χ3v) is 0.470. The van der Waals surface area contributed by atoms with Crippen molar-refractivity contribution in [1.82, 2.24) is 0 Å². The molecule has 0 amide bonds. The topological polar surface area (TPSA) is 57.5 Å². The van der Waals surface area contributed by atoms with E-state index in [-0.39, 0.29) is 6.42 Å². The lowest BCUT2D eigenvalue weighted by Gasteiger charge is -1.94. The molecule has 0 fully saturated rings. The smallest absolute Gasteiger partial charge is 0.305 e. The van der Waals surface area contributed by atoms with Gasteiger partial charge < -0.3 is 10.2 Å². The van der Waals surface area contributed by atoms with Crippen molar-refractivity contribution in [1.29, 1.82) is 0 Å². The first kappa shape index (κ1) is 6.43. The molecule has 7 heavy (non-hydrogen) atoms. The molecule has 0 aromatic heterocycles. The zero-order chi connectivity index (χ0) is 5.86. The predicted molar refractivity (Wildman–Crippen MR) is 23.9 cm³/mol. The minimum absolute atomic E-state index is 0.167. The van der Waals surface area contributed by atoms with E-state index in [1.807, 2.05) is 0 Å². The molecular weight excluding hydrogens is 97.0 g/mol. The molecule has 0 aliphatic carbocycles. The van der Waals surface area contributed by atoms with Gasteiger partial charge in [-0.2, -0.15) is 0 Å². The fraction of sp³-hybridized carbons (Fsp3) is 0.750. The van der Waals surface area contributed by atoms with E-state index in [0.29, 0.717) is 0 Å². The maximum Gasteiger partial charge on any atom is 0.305 e. The molecule has 1 atom stereocenters. The molecule has 0 rings (SSSR count). The normalized spacial score (nSPS) is 13.4. The molecule has 0 aromatic carbocycles. The van der Waals surface area contributed by atoms with Crippen LogP contribution in [0.1, 0.15) is 13.3 Å². The van der Waals surface area contributed by atoms with Gasteiger partial charge in [0.15, 0.2) is 0 Å². The van der Waals surface area contributed by atoms with E-state index >= 15 is 0 Å². The van der Waals surface area contributed by atoms with E-state index in [0.717, 1.165) is 0 Å². The van der Waals surface area contributed by atoms with Crippen molar-refractivity contribution in [3.63, 3.8) is 0 Å². The lowest BCUT2D eigenvalue weighted by Crippen LogP contribution is -2.07. The number of aliphatic hydroxyl groups is 1. The molecule has 3 heteroatoms. The fourth-order valence-electron chi connectivity index (χ4n) is 0.253. The zero-order valence-electron chi connectivity index (χ0n) is 4.09. The molecular formula is C4H8O3. The largest absolute Gasteiger partial charge is 0.481 e. The van der Waals surface area contributed by atoms with Crippen LogP contribution in [0.2, 0.25) is 0 Å². The molecule has 0 saturated heterocycles. The van der Waals surface area contributed by atoms with E-state index in [1.165, 1.54) is 6.92 Å². The van der Waals surface area contributed by atoms with E-state index in [4.69, 9.17) is 10.2 Å². The first-order valence-electron chi connectivity index (χ1n) is 2.03. The SMILES string of the molecule is C[C@@H](O)C[13C](=O)O. The molecule has 0 aromatic rings. The number of hydrogen-bond donors (Lipinski definition) is 2. The summed E-state index contributed by atoms with van der Waals surface area (Å²) in [6, 6.07) is 0. The van der Waals surface area contributed by atoms with Gasteiger partial charge in [-0.05, 0) is 6.92 Å². The van der Waals surface area contributed by atoms with Crippen molar-refractivity contribution in [3.8, 4) is 0 Å². The van der Waals surface area contributed by atoms with Gasteiger partial charge >= 0.3 is 5.97 Å². The number of aliphatic hydroxyl groups excluding tert-OH is 1. The van der Waals surface area contributed by atoms with Crippen molar-refractivity contribution in [2.75, 3.05) is 0 Å². The third kappa shape index (κ3) is 5.43. The Morgan fingerprint density at radius 2 is 2.29 bits per heavy atom. The lowest BCUT2D eigenvalue weighted by atomic mass is 10.4. The Hall–Kier alpha value is -0.570. The average Bonchev–Trinajstić information content (AvgIpc) is 1.27. The molecule has 42 valence electrons. The van der Waals surface area contributed by atoms with Crippen molar-refractivity contribution in [3.05, 3.63) is 0 Å². The Kier molecular flexibility index (Phi) is 2.37. The van der Waals surface area contributed by atoms with Crippen LogP contribution in [-0.2, 0) is 4.79 Å². The highest BCUT2D eigenvalue weighted by atomic mass is 16.5. The molecule has 0 spiro atoms. The van der Waals surface area contributed by atoms with Crippen molar-refractivity contribution in [2.24, 2.45) is 0 Å². The van der Waals surface area contributed by atoms with Crippen LogP contribution in [0.5, 0.6) is 0 Å². The number of carboxylic acids is 1. The van der Waals surface area contributed by atoms with Gasteiger partial charge in [-0.3, -0.25) is 4.79 Å². The number of aliphatic carboxylic acids is 1. The third-order valence-electron chi connectivity index (χ3n) is 0.470. The Bertz CT molecular complexity index is 67.3. The van der Waals surface area contributed by atoms with Crippen molar-refractivity contribution < 1.29 is 15.0 Å². The summed E-state index contributed by atoms with van der Waals surface area (Å²) in [5.41, 5.74) is 0. The predicted octanol–water partition coefficient (Wildman–Crippen LogP) is -0.158. The van der Waals surface area contributed by atoms with Gasteiger partial charge in [0.2, 0.25) is 0 Å². The molecule has 0 unspecified atom stereocenters. The van der Waals surface area contributed by atoms with Gasteiger partial charge in [0.05, 0.1) is 12.5 Å². The minimum Gasteiger partial charge on any atom is -0.481 e. The van der Waals surface area contributed by atoms with Crippen LogP contribution in [0.3, 0.4) is 0 Å². The Balaban J connectivity index is 3.13. The number of hydrogen-bond acceptors (Lipinski definition) is 2. The molecule has 0 bridgehead atoms. The second-order valence-electron chi connectivity index (χ2n) is 1.45. The van der Waals surface area contributed by atoms with Crippen LogP contribution in [0.25, 0.3) is 0 Å². The maximum absolute atomic E-state index is 9.65. The average molecular weight is 105 g/mol. The zero-order valence-corrected chi connectivity index (χ0v) is 4.09. The summed E-state index contributed by atoms with van der Waals surface area (Å²) in [6.07, 6.45) is -0.891. The first-order valence-corrected chi connectivity index (χ1v) is 2.03. The quantitative estimate of drug-likeness (QED) is 0.480. The molecule has 2 N–H and O–H groups in total. The molecule has 0 aliphatic heterocycles. The molecule has 0 heterocycles. The van der Waals surface area contributed by atoms with Crippen LogP contribution in [0.4, 0.5) is 0 Å². The van der Waals surface area contributed by atoms with Gasteiger partial charge in [0, 0.05) is 0 Å². The summed E-state index contributed by atoms with van der Waals surface area (Å²) in [7, 11) is 0. The second kappa shape index (κ2) is 2.58. The Morgan fingerprint density at radius 1 is 1.86 bits per heavy atom. The highest BCUT2D eigenvalue weighted by molar-refractivity contribution is 5.67. The van der Waals surface area contributed by atoms with Crippen LogP contribution >= 0.6 is 0 Å². The minimum atomic E-state index is -0.963. The Labute approximate surface area is 41.6 Å². The van der Waals surface area contributed by atoms with Gasteiger partial charge in [-0.1, -0.05) is 0 Å². The van der Waals surface area contributed by atoms with E-state index in [9.17, 15) is 4.79 Å². The molecule has 0 radical (unpaired) electrons. The van der Waals surface area contributed by atoms with Crippen molar-refractivity contribution >= 4 is 5.97 Å². The molecule has 0 saturated carbocycles. The van der Waals surface area contributed by atoms with Crippen LogP contribution in [-0.4, -0.2) is 22.3 Å². The summed E-state index contributed by atoms with van der Waals surface area (Å²) in [5, 5.41) is 16.3. The van der Waals surface area contributed by atoms with Gasteiger partial charge in [-0.25, -0.2) is 0 Å². The van der Waals surface area contributed by atoms with Crippen LogP contribution in [0, 0.1) is 0 Å². The number of carbonyl (C=O) groups is 1. The summed E-state index contributed by atoms with van der Waals surface area (Å²) in [5.74, 6) is -0.963. The monoisotopic (exact) mass is 105 g/mol. The second-order valence-corrected chi connectivity index (χ2v) is 1.45. The number of carboxylic acid groups (broad SMARTS) is 1. The van der Waals surface area contributed by atoms with Crippen molar-refractivity contribution in [2.45, 2.75) is 19.4 Å². The summed E-state index contributed by atoms with van der Waals surface area (Å²) in [6.45, 7) is 1.44. The highest BCUT2D eigenvalue weighted by Crippen LogP contribution is 1.85.